The molecule has 3 N–H and O–H groups in total. The first-order valence-electron chi connectivity index (χ1n) is 48.4. The molecule has 0 saturated heterocycles. The number of ether oxygens (including phenoxy) is 4. The van der Waals surface area contributed by atoms with Crippen molar-refractivity contribution in [3.63, 3.8) is 0 Å². The molecule has 0 aliphatic rings. The summed E-state index contributed by atoms with van der Waals surface area (Å²) in [5, 5.41) is 10.7. The van der Waals surface area contributed by atoms with Gasteiger partial charge in [0, 0.05) is 25.7 Å². The highest BCUT2D eigenvalue weighted by Gasteiger charge is 2.31. The van der Waals surface area contributed by atoms with E-state index in [1.54, 1.807) is 0 Å². The van der Waals surface area contributed by atoms with Crippen molar-refractivity contribution in [1.29, 1.82) is 0 Å². The molecule has 0 fully saturated rings. The number of rotatable bonds is 92. The fourth-order valence-electron chi connectivity index (χ4n) is 14.8. The highest BCUT2D eigenvalue weighted by atomic mass is 31.2. The zero-order valence-corrected chi connectivity index (χ0v) is 76.7. The molecule has 113 heavy (non-hydrogen) atoms. The lowest BCUT2D eigenvalue weighted by Crippen LogP contribution is -2.30. The molecule has 19 heteroatoms. The third-order valence-electron chi connectivity index (χ3n) is 22.5. The number of phosphoric acid groups is 2. The Morgan fingerprint density at radius 3 is 0.673 bits per heavy atom. The van der Waals surface area contributed by atoms with Crippen LogP contribution in [0, 0.1) is 17.8 Å². The predicted octanol–water partition coefficient (Wildman–Crippen LogP) is 29.2. The molecule has 0 aromatic carbocycles. The molecule has 3 unspecified atom stereocenters. The maximum atomic E-state index is 13.2. The summed E-state index contributed by atoms with van der Waals surface area (Å²) in [5.74, 6) is 0.326. The van der Waals surface area contributed by atoms with E-state index in [1.807, 2.05) is 0 Å². The first-order chi connectivity index (χ1) is 54.8. The van der Waals surface area contributed by atoms with Crippen LogP contribution in [-0.2, 0) is 65.4 Å². The van der Waals surface area contributed by atoms with E-state index in [2.05, 4.69) is 48.5 Å². The van der Waals surface area contributed by atoms with E-state index in [-0.39, 0.29) is 25.7 Å². The molecule has 0 aliphatic carbocycles. The lowest BCUT2D eigenvalue weighted by molar-refractivity contribution is -0.161. The topological polar surface area (TPSA) is 237 Å². The molecule has 0 spiro atoms. The summed E-state index contributed by atoms with van der Waals surface area (Å²) in [6.45, 7) is 12.1. The highest BCUT2D eigenvalue weighted by Crippen LogP contribution is 2.45. The monoisotopic (exact) mass is 1650 g/mol. The van der Waals surface area contributed by atoms with Gasteiger partial charge in [-0.05, 0) is 43.4 Å². The average molecular weight is 1650 g/mol. The maximum absolute atomic E-state index is 13.2. The summed E-state index contributed by atoms with van der Waals surface area (Å²) in [4.78, 5) is 73.5. The SMILES string of the molecule is CCCCCCCCCCCCCCCCCCCCCC(=O)O[C@H](COC(=O)CCCCCCCCCCC(C)CC)COP(=O)(O)OC[C@H](O)COP(=O)(O)OC[C@@H](COC(=O)CCCCCCCCCCCCCCCCCCCCC(C)C)OC(=O)CCCCCCCCCCCCCCCCCCCCC(C)C. The van der Waals surface area contributed by atoms with Crippen LogP contribution in [0.1, 0.15) is 504 Å². The number of unbranched alkanes of at least 4 members (excludes halogenated alkanes) is 59. The summed E-state index contributed by atoms with van der Waals surface area (Å²) in [6.07, 6.45) is 77.9. The summed E-state index contributed by atoms with van der Waals surface area (Å²) in [5.41, 5.74) is 0. The van der Waals surface area contributed by atoms with Gasteiger partial charge < -0.3 is 33.8 Å². The van der Waals surface area contributed by atoms with Crippen LogP contribution in [0.25, 0.3) is 0 Å². The molecule has 0 aromatic rings. The fraction of sp³-hybridized carbons (Fsp3) is 0.957. The quantitative estimate of drug-likeness (QED) is 0.0222. The van der Waals surface area contributed by atoms with E-state index in [1.165, 1.54) is 315 Å². The van der Waals surface area contributed by atoms with Gasteiger partial charge in [-0.15, -0.1) is 0 Å². The molecule has 17 nitrogen and oxygen atoms in total. The van der Waals surface area contributed by atoms with Crippen LogP contribution >= 0.6 is 15.6 Å². The molecule has 0 bridgehead atoms. The van der Waals surface area contributed by atoms with E-state index < -0.39 is 97.5 Å². The third kappa shape index (κ3) is 86.3. The molecule has 0 heterocycles. The van der Waals surface area contributed by atoms with Crippen molar-refractivity contribution in [3.05, 3.63) is 0 Å². The summed E-state index contributed by atoms with van der Waals surface area (Å²) < 4.78 is 69.2. The summed E-state index contributed by atoms with van der Waals surface area (Å²) in [6, 6.07) is 0. The highest BCUT2D eigenvalue weighted by molar-refractivity contribution is 7.47. The van der Waals surface area contributed by atoms with Gasteiger partial charge in [0.25, 0.3) is 0 Å². The Hall–Kier alpha value is -1.94. The lowest BCUT2D eigenvalue weighted by Gasteiger charge is -2.21. The number of carbonyl (C=O) groups excluding carboxylic acids is 4. The number of hydrogen-bond acceptors (Lipinski definition) is 15. The second kappa shape index (κ2) is 83.7. The minimum Gasteiger partial charge on any atom is -0.462 e. The van der Waals surface area contributed by atoms with E-state index in [9.17, 15) is 43.2 Å². The number of esters is 4. The van der Waals surface area contributed by atoms with E-state index in [0.717, 1.165) is 108 Å². The number of carbonyl (C=O) groups is 4. The first kappa shape index (κ1) is 111. The van der Waals surface area contributed by atoms with Gasteiger partial charge in [0.05, 0.1) is 26.4 Å². The zero-order chi connectivity index (χ0) is 82.9. The molecule has 6 atom stereocenters. The van der Waals surface area contributed by atoms with Gasteiger partial charge in [0.15, 0.2) is 12.2 Å². The molecular weight excluding hydrogens is 1460 g/mol. The van der Waals surface area contributed by atoms with Crippen LogP contribution in [-0.4, -0.2) is 96.7 Å². The molecule has 672 valence electrons. The maximum Gasteiger partial charge on any atom is 0.472 e. The van der Waals surface area contributed by atoms with Crippen LogP contribution in [0.3, 0.4) is 0 Å². The summed E-state index contributed by atoms with van der Waals surface area (Å²) in [7, 11) is -9.94. The normalized spacial score (nSPS) is 14.0. The largest absolute Gasteiger partial charge is 0.472 e. The standard InChI is InChI=1S/C94H184O17P2/c1-8-10-11-12-13-14-15-16-17-18-19-27-32-37-42-47-56-63-71-78-94(99)111-90(82-105-92(97)76-69-62-55-50-49-53-60-67-74-87(7)9-2)84-109-113(102,103)107-80-88(95)79-106-112(100,101)108-83-89(110-93(98)77-70-64-57-48-43-38-33-28-23-21-25-30-35-40-45-52-59-66-73-86(5)6)81-104-91(96)75-68-61-54-46-41-36-31-26-22-20-24-29-34-39-44-51-58-65-72-85(3)4/h85-90,95H,8-84H2,1-7H3,(H,100,101)(H,102,103)/t87?,88-,89-,90-/m1/s1. The third-order valence-corrected chi connectivity index (χ3v) is 24.4. The molecule has 0 saturated carbocycles. The number of aliphatic hydroxyl groups is 1. The molecular formula is C94H184O17P2. The number of hydrogen-bond donors (Lipinski definition) is 3. The van der Waals surface area contributed by atoms with Crippen molar-refractivity contribution < 1.29 is 80.2 Å². The zero-order valence-electron chi connectivity index (χ0n) is 74.9. The van der Waals surface area contributed by atoms with Gasteiger partial charge in [-0.25, -0.2) is 9.13 Å². The Balaban J connectivity index is 5.25. The molecule has 0 radical (unpaired) electrons. The molecule has 0 aromatic heterocycles. The second-order valence-electron chi connectivity index (χ2n) is 35.0. The Morgan fingerprint density at radius 2 is 0.451 bits per heavy atom. The first-order valence-corrected chi connectivity index (χ1v) is 51.4. The van der Waals surface area contributed by atoms with Gasteiger partial charge in [0.1, 0.15) is 19.3 Å². The Labute approximate surface area is 696 Å². The van der Waals surface area contributed by atoms with Crippen molar-refractivity contribution in [2.45, 2.75) is 523 Å². The minimum atomic E-state index is -4.97. The number of aliphatic hydroxyl groups excluding tert-OH is 1. The van der Waals surface area contributed by atoms with Crippen LogP contribution in [0.2, 0.25) is 0 Å². The van der Waals surface area contributed by atoms with Gasteiger partial charge in [-0.2, -0.15) is 0 Å². The van der Waals surface area contributed by atoms with Crippen molar-refractivity contribution in [2.24, 2.45) is 17.8 Å². The van der Waals surface area contributed by atoms with E-state index >= 15 is 0 Å². The molecule has 0 amide bonds. The van der Waals surface area contributed by atoms with E-state index in [0.29, 0.717) is 25.7 Å². The van der Waals surface area contributed by atoms with Crippen molar-refractivity contribution >= 4 is 39.5 Å². The van der Waals surface area contributed by atoms with Crippen molar-refractivity contribution in [3.8, 4) is 0 Å². The second-order valence-corrected chi connectivity index (χ2v) is 37.9. The fourth-order valence-corrected chi connectivity index (χ4v) is 16.3. The van der Waals surface area contributed by atoms with Crippen LogP contribution in [0.4, 0.5) is 0 Å². The van der Waals surface area contributed by atoms with Gasteiger partial charge in [-0.3, -0.25) is 37.3 Å². The van der Waals surface area contributed by atoms with Gasteiger partial charge >= 0.3 is 39.5 Å². The minimum absolute atomic E-state index is 0.108. The summed E-state index contributed by atoms with van der Waals surface area (Å²) >= 11 is 0. The Morgan fingerprint density at radius 1 is 0.257 bits per heavy atom. The molecule has 0 aliphatic heterocycles. The molecule has 0 rings (SSSR count). The van der Waals surface area contributed by atoms with Crippen LogP contribution in [0.5, 0.6) is 0 Å². The van der Waals surface area contributed by atoms with Gasteiger partial charge in [-0.1, -0.05) is 453 Å². The van der Waals surface area contributed by atoms with Crippen LogP contribution < -0.4 is 0 Å². The lowest BCUT2D eigenvalue weighted by atomic mass is 9.99. The van der Waals surface area contributed by atoms with Crippen molar-refractivity contribution in [2.75, 3.05) is 39.6 Å². The Kier molecular flexibility index (Phi) is 82.3. The van der Waals surface area contributed by atoms with Crippen LogP contribution in [0.15, 0.2) is 0 Å². The van der Waals surface area contributed by atoms with E-state index in [4.69, 9.17) is 37.0 Å². The number of phosphoric ester groups is 2. The average Bonchev–Trinajstić information content (AvgIpc) is 0.900. The van der Waals surface area contributed by atoms with Crippen molar-refractivity contribution in [1.82, 2.24) is 0 Å². The smallest absolute Gasteiger partial charge is 0.462 e. The Bertz CT molecular complexity index is 2170. The predicted molar refractivity (Wildman–Crippen MR) is 469 cm³/mol. The van der Waals surface area contributed by atoms with Gasteiger partial charge in [0.2, 0.25) is 0 Å².